The Morgan fingerprint density at radius 2 is 2.13 bits per heavy atom. The third-order valence-corrected chi connectivity index (χ3v) is 2.91. The number of hydrogen-bond acceptors (Lipinski definition) is 5. The number of thioether (sulfide) groups is 1. The second-order valence-electron chi connectivity index (χ2n) is 4.69. The van der Waals surface area contributed by atoms with Gasteiger partial charge in [-0.1, -0.05) is 25.9 Å². The van der Waals surface area contributed by atoms with Crippen LogP contribution in [0.25, 0.3) is 0 Å². The molecule has 0 aliphatic carbocycles. The van der Waals surface area contributed by atoms with Gasteiger partial charge >= 0.3 is 0 Å². The molecular weight excluding hydrogens is 210 g/mol. The number of rotatable bonds is 4. The third kappa shape index (κ3) is 5.18. The molecule has 0 saturated carbocycles. The van der Waals surface area contributed by atoms with Crippen molar-refractivity contribution in [1.29, 1.82) is 0 Å². The fourth-order valence-electron chi connectivity index (χ4n) is 0.988. The molecule has 1 rings (SSSR count). The minimum Gasteiger partial charge on any atom is -0.339 e. The Morgan fingerprint density at radius 3 is 2.67 bits per heavy atom. The molecule has 1 heterocycles. The molecule has 0 amide bonds. The lowest BCUT2D eigenvalue weighted by Gasteiger charge is -2.15. The van der Waals surface area contributed by atoms with Crippen LogP contribution in [0, 0.1) is 0 Å². The first-order valence-electron chi connectivity index (χ1n) is 5.08. The molecular formula is C10H19N3OS. The van der Waals surface area contributed by atoms with E-state index in [-0.39, 0.29) is 10.8 Å². The second kappa shape index (κ2) is 4.99. The van der Waals surface area contributed by atoms with Gasteiger partial charge < -0.3 is 10.3 Å². The lowest BCUT2D eigenvalue weighted by Crippen LogP contribution is -2.17. The summed E-state index contributed by atoms with van der Waals surface area (Å²) < 4.78 is 5.31. The van der Waals surface area contributed by atoms with Crippen molar-refractivity contribution in [3.05, 3.63) is 11.7 Å². The van der Waals surface area contributed by atoms with E-state index >= 15 is 0 Å². The first kappa shape index (κ1) is 12.5. The molecule has 0 fully saturated rings. The number of nitrogens with two attached hydrogens (primary N) is 1. The molecule has 0 spiro atoms. The van der Waals surface area contributed by atoms with Gasteiger partial charge in [-0.2, -0.15) is 4.98 Å². The molecule has 1 atom stereocenters. The van der Waals surface area contributed by atoms with E-state index in [0.29, 0.717) is 12.3 Å². The molecule has 86 valence electrons. The van der Waals surface area contributed by atoms with Crippen molar-refractivity contribution in [1.82, 2.24) is 10.1 Å². The van der Waals surface area contributed by atoms with E-state index in [2.05, 4.69) is 30.9 Å². The molecule has 0 aliphatic rings. The monoisotopic (exact) mass is 229 g/mol. The quantitative estimate of drug-likeness (QED) is 0.855. The fourth-order valence-corrected chi connectivity index (χ4v) is 1.67. The Bertz CT molecular complexity index is 304. The van der Waals surface area contributed by atoms with Gasteiger partial charge in [0.25, 0.3) is 0 Å². The molecule has 1 unspecified atom stereocenters. The highest BCUT2D eigenvalue weighted by Gasteiger charge is 2.14. The average Bonchev–Trinajstić information content (AvgIpc) is 2.46. The van der Waals surface area contributed by atoms with E-state index in [0.717, 1.165) is 11.6 Å². The van der Waals surface area contributed by atoms with Crippen molar-refractivity contribution in [2.45, 2.75) is 50.7 Å². The maximum Gasteiger partial charge on any atom is 0.228 e. The van der Waals surface area contributed by atoms with Crippen LogP contribution in [0.2, 0.25) is 0 Å². The smallest absolute Gasteiger partial charge is 0.228 e. The molecule has 5 heteroatoms. The van der Waals surface area contributed by atoms with Crippen molar-refractivity contribution < 1.29 is 4.52 Å². The van der Waals surface area contributed by atoms with Gasteiger partial charge in [0, 0.05) is 17.2 Å². The molecule has 1 aromatic heterocycles. The molecule has 15 heavy (non-hydrogen) atoms. The van der Waals surface area contributed by atoms with Crippen molar-refractivity contribution in [3.8, 4) is 0 Å². The zero-order valence-corrected chi connectivity index (χ0v) is 10.6. The maximum atomic E-state index is 5.64. The van der Waals surface area contributed by atoms with E-state index in [1.807, 2.05) is 6.92 Å². The first-order valence-corrected chi connectivity index (χ1v) is 6.06. The van der Waals surface area contributed by atoms with Gasteiger partial charge in [-0.15, -0.1) is 11.8 Å². The van der Waals surface area contributed by atoms with Crippen LogP contribution in [0.3, 0.4) is 0 Å². The lowest BCUT2D eigenvalue weighted by atomic mass is 10.2. The SMILES string of the molecule is CC(N)Cc1nc(CSC(C)(C)C)no1. The minimum absolute atomic E-state index is 0.0635. The topological polar surface area (TPSA) is 64.9 Å². The summed E-state index contributed by atoms with van der Waals surface area (Å²) in [5, 5.41) is 3.91. The zero-order valence-electron chi connectivity index (χ0n) is 9.78. The van der Waals surface area contributed by atoms with Crippen LogP contribution in [-0.4, -0.2) is 20.9 Å². The molecule has 0 aliphatic heterocycles. The Hall–Kier alpha value is -0.550. The Balaban J connectivity index is 2.46. The van der Waals surface area contributed by atoms with Gasteiger partial charge in [-0.05, 0) is 6.92 Å². The highest BCUT2D eigenvalue weighted by molar-refractivity contribution is 7.99. The standard InChI is InChI=1S/C10H19N3OS/c1-7(11)5-9-12-8(13-14-9)6-15-10(2,3)4/h7H,5-6,11H2,1-4H3. The Labute approximate surface area is 95.0 Å². The van der Waals surface area contributed by atoms with E-state index in [9.17, 15) is 0 Å². The van der Waals surface area contributed by atoms with Crippen molar-refractivity contribution in [3.63, 3.8) is 0 Å². The van der Waals surface area contributed by atoms with Crippen molar-refractivity contribution >= 4 is 11.8 Å². The van der Waals surface area contributed by atoms with Crippen LogP contribution in [0.15, 0.2) is 4.52 Å². The Kier molecular flexibility index (Phi) is 4.16. The van der Waals surface area contributed by atoms with Gasteiger partial charge in [-0.3, -0.25) is 0 Å². The number of aromatic nitrogens is 2. The third-order valence-electron chi connectivity index (χ3n) is 1.64. The largest absolute Gasteiger partial charge is 0.339 e. The Morgan fingerprint density at radius 1 is 1.47 bits per heavy atom. The van der Waals surface area contributed by atoms with Crippen molar-refractivity contribution in [2.24, 2.45) is 5.73 Å². The number of hydrogen-bond donors (Lipinski definition) is 1. The summed E-state index contributed by atoms with van der Waals surface area (Å²) in [5.74, 6) is 2.17. The molecule has 0 bridgehead atoms. The molecule has 1 aromatic rings. The second-order valence-corrected chi connectivity index (χ2v) is 6.49. The zero-order chi connectivity index (χ0) is 11.5. The highest BCUT2D eigenvalue weighted by atomic mass is 32.2. The molecule has 2 N–H and O–H groups in total. The molecule has 4 nitrogen and oxygen atoms in total. The van der Waals surface area contributed by atoms with Crippen LogP contribution in [0.1, 0.15) is 39.4 Å². The normalized spacial score (nSPS) is 14.2. The summed E-state index contributed by atoms with van der Waals surface area (Å²) in [6.45, 7) is 8.43. The summed E-state index contributed by atoms with van der Waals surface area (Å²) in [5.41, 5.74) is 5.64. The van der Waals surface area contributed by atoms with Crippen LogP contribution < -0.4 is 5.73 Å². The maximum absolute atomic E-state index is 5.64. The summed E-state index contributed by atoms with van der Waals surface area (Å²) >= 11 is 1.80. The fraction of sp³-hybridized carbons (Fsp3) is 0.800. The van der Waals surface area contributed by atoms with E-state index in [4.69, 9.17) is 10.3 Å². The van der Waals surface area contributed by atoms with Gasteiger partial charge in [0.05, 0.1) is 5.75 Å². The number of nitrogens with zero attached hydrogens (tertiary/aromatic N) is 2. The summed E-state index contributed by atoms with van der Waals surface area (Å²) in [6.07, 6.45) is 0.646. The summed E-state index contributed by atoms with van der Waals surface area (Å²) in [4.78, 5) is 4.27. The van der Waals surface area contributed by atoms with Crippen LogP contribution in [-0.2, 0) is 12.2 Å². The average molecular weight is 229 g/mol. The molecule has 0 aromatic carbocycles. The van der Waals surface area contributed by atoms with Crippen LogP contribution >= 0.6 is 11.8 Å². The van der Waals surface area contributed by atoms with Gasteiger partial charge in [0.1, 0.15) is 0 Å². The van der Waals surface area contributed by atoms with Gasteiger partial charge in [0.15, 0.2) is 5.82 Å². The van der Waals surface area contributed by atoms with E-state index in [1.165, 1.54) is 0 Å². The molecule has 0 radical (unpaired) electrons. The predicted molar refractivity (Wildman–Crippen MR) is 62.7 cm³/mol. The summed E-state index contributed by atoms with van der Waals surface area (Å²) in [6, 6.07) is 0.0635. The lowest BCUT2D eigenvalue weighted by molar-refractivity contribution is 0.368. The highest BCUT2D eigenvalue weighted by Crippen LogP contribution is 2.25. The van der Waals surface area contributed by atoms with Gasteiger partial charge in [0.2, 0.25) is 5.89 Å². The van der Waals surface area contributed by atoms with Gasteiger partial charge in [-0.25, -0.2) is 0 Å². The van der Waals surface area contributed by atoms with Crippen molar-refractivity contribution in [2.75, 3.05) is 0 Å². The molecule has 0 saturated heterocycles. The van der Waals surface area contributed by atoms with Crippen LogP contribution in [0.5, 0.6) is 0 Å². The minimum atomic E-state index is 0.0635. The predicted octanol–water partition coefficient (Wildman–Crippen LogP) is 1.99. The van der Waals surface area contributed by atoms with E-state index in [1.54, 1.807) is 11.8 Å². The summed E-state index contributed by atoms with van der Waals surface area (Å²) in [7, 11) is 0. The first-order chi connectivity index (χ1) is 6.87. The van der Waals surface area contributed by atoms with Crippen LogP contribution in [0.4, 0.5) is 0 Å². The van der Waals surface area contributed by atoms with E-state index < -0.39 is 0 Å².